The Labute approximate surface area is 107 Å². The highest BCUT2D eigenvalue weighted by Crippen LogP contribution is 2.06. The number of nitrogens with two attached hydrogens (primary N) is 1. The van der Waals surface area contributed by atoms with Crippen LogP contribution in [0, 0.1) is 0 Å². The molecule has 18 heavy (non-hydrogen) atoms. The molecular weight excluding hydrogens is 234 g/mol. The van der Waals surface area contributed by atoms with Crippen molar-refractivity contribution in [3.8, 4) is 0 Å². The van der Waals surface area contributed by atoms with E-state index in [1.807, 2.05) is 0 Å². The first-order chi connectivity index (χ1) is 8.69. The summed E-state index contributed by atoms with van der Waals surface area (Å²) in [7, 11) is 3.19. The molecule has 0 aliphatic heterocycles. The molecule has 6 heteroatoms. The molecule has 0 atom stereocenters. The van der Waals surface area contributed by atoms with Crippen molar-refractivity contribution in [2.45, 2.75) is 0 Å². The second-order valence-corrected chi connectivity index (χ2v) is 3.75. The van der Waals surface area contributed by atoms with Gasteiger partial charge in [0.25, 0.3) is 5.91 Å². The minimum Gasteiger partial charge on any atom is -0.399 e. The monoisotopic (exact) mass is 253 g/mol. The molecule has 2 N–H and O–H groups in total. The Hall–Kier alpha value is -1.66. The molecule has 0 saturated heterocycles. The molecule has 0 radical (unpaired) electrons. The van der Waals surface area contributed by atoms with Gasteiger partial charge in [-0.25, -0.2) is 0 Å². The van der Waals surface area contributed by atoms with E-state index in [1.54, 1.807) is 31.3 Å². The molecule has 1 aromatic heterocycles. The highest BCUT2D eigenvalue weighted by molar-refractivity contribution is 5.93. The maximum Gasteiger partial charge on any atom is 0.272 e. The second-order valence-electron chi connectivity index (χ2n) is 3.75. The van der Waals surface area contributed by atoms with Crippen LogP contribution in [-0.4, -0.2) is 56.3 Å². The van der Waals surface area contributed by atoms with Gasteiger partial charge in [-0.15, -0.1) is 0 Å². The maximum atomic E-state index is 12.2. The number of hydrogen-bond acceptors (Lipinski definition) is 5. The topological polar surface area (TPSA) is 77.7 Å². The van der Waals surface area contributed by atoms with E-state index in [2.05, 4.69) is 4.98 Å². The predicted octanol–water partition coefficient (Wildman–Crippen LogP) is 0.399. The Morgan fingerprint density at radius 2 is 1.94 bits per heavy atom. The third-order valence-electron chi connectivity index (χ3n) is 2.42. The van der Waals surface area contributed by atoms with E-state index < -0.39 is 0 Å². The number of methoxy groups -OCH3 is 2. The number of hydrogen-bond donors (Lipinski definition) is 1. The van der Waals surface area contributed by atoms with Gasteiger partial charge in [0.2, 0.25) is 0 Å². The Bertz CT molecular complexity index is 377. The zero-order valence-electron chi connectivity index (χ0n) is 10.8. The number of aromatic nitrogens is 1. The Balaban J connectivity index is 2.73. The lowest BCUT2D eigenvalue weighted by atomic mass is 10.3. The molecule has 0 aliphatic rings. The summed E-state index contributed by atoms with van der Waals surface area (Å²) in [5, 5.41) is 0. The van der Waals surface area contributed by atoms with Gasteiger partial charge in [-0.05, 0) is 12.1 Å². The largest absolute Gasteiger partial charge is 0.399 e. The van der Waals surface area contributed by atoms with Gasteiger partial charge < -0.3 is 20.1 Å². The van der Waals surface area contributed by atoms with Crippen molar-refractivity contribution in [1.82, 2.24) is 9.88 Å². The molecule has 0 aromatic carbocycles. The summed E-state index contributed by atoms with van der Waals surface area (Å²) < 4.78 is 9.96. The molecule has 0 fully saturated rings. The van der Waals surface area contributed by atoms with Crippen molar-refractivity contribution in [2.75, 3.05) is 46.3 Å². The van der Waals surface area contributed by atoms with Gasteiger partial charge in [0, 0.05) is 39.2 Å². The van der Waals surface area contributed by atoms with Crippen LogP contribution in [0.25, 0.3) is 0 Å². The Morgan fingerprint density at radius 3 is 2.44 bits per heavy atom. The molecule has 1 amide bonds. The fraction of sp³-hybridized carbons (Fsp3) is 0.500. The van der Waals surface area contributed by atoms with Gasteiger partial charge in [0.05, 0.1) is 13.2 Å². The van der Waals surface area contributed by atoms with Gasteiger partial charge in [0.1, 0.15) is 5.69 Å². The van der Waals surface area contributed by atoms with Crippen LogP contribution in [0.3, 0.4) is 0 Å². The first kappa shape index (κ1) is 14.4. The summed E-state index contributed by atoms with van der Waals surface area (Å²) in [5.41, 5.74) is 6.49. The number of amides is 1. The molecule has 0 spiro atoms. The second kappa shape index (κ2) is 7.62. The highest BCUT2D eigenvalue weighted by atomic mass is 16.5. The molecular formula is C12H19N3O3. The number of pyridine rings is 1. The number of ether oxygens (including phenoxy) is 2. The van der Waals surface area contributed by atoms with Gasteiger partial charge in [-0.3, -0.25) is 9.78 Å². The van der Waals surface area contributed by atoms with Gasteiger partial charge in [-0.2, -0.15) is 0 Å². The lowest BCUT2D eigenvalue weighted by Gasteiger charge is -2.21. The number of rotatable bonds is 7. The van der Waals surface area contributed by atoms with Crippen LogP contribution in [0.1, 0.15) is 10.5 Å². The van der Waals surface area contributed by atoms with Gasteiger partial charge in [0.15, 0.2) is 0 Å². The van der Waals surface area contributed by atoms with Crippen molar-refractivity contribution in [3.05, 3.63) is 24.0 Å². The van der Waals surface area contributed by atoms with Crippen molar-refractivity contribution in [3.63, 3.8) is 0 Å². The van der Waals surface area contributed by atoms with Crippen molar-refractivity contribution >= 4 is 11.6 Å². The van der Waals surface area contributed by atoms with Crippen LogP contribution in [0.2, 0.25) is 0 Å². The van der Waals surface area contributed by atoms with Crippen LogP contribution in [0.5, 0.6) is 0 Å². The molecule has 0 aliphatic carbocycles. The lowest BCUT2D eigenvalue weighted by Crippen LogP contribution is -2.36. The third-order valence-corrected chi connectivity index (χ3v) is 2.42. The fourth-order valence-corrected chi connectivity index (χ4v) is 1.44. The number of nitrogen functional groups attached to an aromatic ring is 1. The summed E-state index contributed by atoms with van der Waals surface area (Å²) in [6.07, 6.45) is 1.52. The molecule has 100 valence electrons. The standard InChI is InChI=1S/C12H19N3O3/c1-17-7-5-15(6-8-18-2)12(16)11-9-10(13)3-4-14-11/h3-4,9H,5-8H2,1-2H3,(H2,13,14). The molecule has 6 nitrogen and oxygen atoms in total. The summed E-state index contributed by atoms with van der Waals surface area (Å²) in [6, 6.07) is 3.21. The van der Waals surface area contributed by atoms with E-state index in [0.29, 0.717) is 37.7 Å². The van der Waals surface area contributed by atoms with Crippen LogP contribution in [0.15, 0.2) is 18.3 Å². The third kappa shape index (κ3) is 4.31. The summed E-state index contributed by atoms with van der Waals surface area (Å²) >= 11 is 0. The van der Waals surface area contributed by atoms with Crippen molar-refractivity contribution < 1.29 is 14.3 Å². The van der Waals surface area contributed by atoms with Crippen LogP contribution >= 0.6 is 0 Å². The van der Waals surface area contributed by atoms with E-state index in [9.17, 15) is 4.79 Å². The van der Waals surface area contributed by atoms with Crippen LogP contribution in [-0.2, 0) is 9.47 Å². The van der Waals surface area contributed by atoms with Crippen LogP contribution < -0.4 is 5.73 Å². The average molecular weight is 253 g/mol. The quantitative estimate of drug-likeness (QED) is 0.761. The van der Waals surface area contributed by atoms with E-state index in [4.69, 9.17) is 15.2 Å². The van der Waals surface area contributed by atoms with E-state index in [0.717, 1.165) is 0 Å². The summed E-state index contributed by atoms with van der Waals surface area (Å²) in [4.78, 5) is 17.9. The van der Waals surface area contributed by atoms with Crippen LogP contribution in [0.4, 0.5) is 5.69 Å². The average Bonchev–Trinajstić information content (AvgIpc) is 2.38. The number of anilines is 1. The normalized spacial score (nSPS) is 10.3. The van der Waals surface area contributed by atoms with Crippen molar-refractivity contribution in [2.24, 2.45) is 0 Å². The zero-order valence-corrected chi connectivity index (χ0v) is 10.8. The zero-order chi connectivity index (χ0) is 13.4. The lowest BCUT2D eigenvalue weighted by molar-refractivity contribution is 0.0622. The van der Waals surface area contributed by atoms with E-state index in [1.165, 1.54) is 6.20 Å². The smallest absolute Gasteiger partial charge is 0.272 e. The highest BCUT2D eigenvalue weighted by Gasteiger charge is 2.16. The maximum absolute atomic E-state index is 12.2. The predicted molar refractivity (Wildman–Crippen MR) is 68.3 cm³/mol. The van der Waals surface area contributed by atoms with E-state index in [-0.39, 0.29) is 5.91 Å². The number of carbonyl (C=O) groups is 1. The number of carbonyl (C=O) groups excluding carboxylic acids is 1. The fourth-order valence-electron chi connectivity index (χ4n) is 1.44. The molecule has 0 saturated carbocycles. The molecule has 1 heterocycles. The van der Waals surface area contributed by atoms with Gasteiger partial charge >= 0.3 is 0 Å². The molecule has 0 bridgehead atoms. The first-order valence-electron chi connectivity index (χ1n) is 5.67. The first-order valence-corrected chi connectivity index (χ1v) is 5.67. The SMILES string of the molecule is COCCN(CCOC)C(=O)c1cc(N)ccn1. The van der Waals surface area contributed by atoms with Crippen molar-refractivity contribution in [1.29, 1.82) is 0 Å². The molecule has 1 aromatic rings. The Kier molecular flexibility index (Phi) is 6.10. The summed E-state index contributed by atoms with van der Waals surface area (Å²) in [5.74, 6) is -0.170. The summed E-state index contributed by atoms with van der Waals surface area (Å²) in [6.45, 7) is 1.93. The minimum atomic E-state index is -0.170. The van der Waals surface area contributed by atoms with Gasteiger partial charge in [-0.1, -0.05) is 0 Å². The molecule has 1 rings (SSSR count). The number of nitrogens with zero attached hydrogens (tertiary/aromatic N) is 2. The minimum absolute atomic E-state index is 0.170. The Morgan fingerprint density at radius 1 is 1.33 bits per heavy atom. The van der Waals surface area contributed by atoms with E-state index >= 15 is 0 Å². The molecule has 0 unspecified atom stereocenters.